The highest BCUT2D eigenvalue weighted by molar-refractivity contribution is 8.02. The van der Waals surface area contributed by atoms with Gasteiger partial charge < -0.3 is 24.5 Å². The number of carbonyl (C=O) groups is 3. The Labute approximate surface area is 252 Å². The van der Waals surface area contributed by atoms with Gasteiger partial charge in [-0.2, -0.15) is 0 Å². The number of aromatic nitrogens is 3. The Bertz CT molecular complexity index is 1640. The number of amides is 3. The lowest BCUT2D eigenvalue weighted by molar-refractivity contribution is -0.143. The van der Waals surface area contributed by atoms with E-state index in [0.717, 1.165) is 22.5 Å². The predicted molar refractivity (Wildman–Crippen MR) is 161 cm³/mol. The summed E-state index contributed by atoms with van der Waals surface area (Å²) in [6.07, 6.45) is 7.88. The normalized spacial score (nSPS) is 28.2. The molecule has 12 heteroatoms. The van der Waals surface area contributed by atoms with Crippen molar-refractivity contribution in [2.45, 2.75) is 29.6 Å². The Morgan fingerprint density at radius 1 is 1.02 bits per heavy atom. The van der Waals surface area contributed by atoms with E-state index < -0.39 is 22.6 Å². The number of carbonyl (C=O) groups excluding carboxylic acids is 3. The highest BCUT2D eigenvalue weighted by atomic mass is 32.2. The Morgan fingerprint density at radius 2 is 1.84 bits per heavy atom. The third kappa shape index (κ3) is 4.34. The molecule has 4 aliphatic rings. The van der Waals surface area contributed by atoms with Crippen molar-refractivity contribution in [3.63, 3.8) is 0 Å². The van der Waals surface area contributed by atoms with Gasteiger partial charge >= 0.3 is 0 Å². The molecular weight excluding hydrogens is 568 g/mol. The van der Waals surface area contributed by atoms with Crippen LogP contribution in [0.4, 0.5) is 5.69 Å². The standard InChI is InChI=1S/C31H32N6O5S/c1-2-42-21-12-10-20(11-13-21)35-16-5-9-24-25(28(35)39)26-29(40)36(17-18-38)27-30(41)34(15-6-14-31(26,27)43-24)19-37-23-8-4-3-7-22(23)32-33-37/h3-14,24-27,38H,2,15-19H2,1H3/t24-,25+,26-,27?,31-/m0/s1. The van der Waals surface area contributed by atoms with Crippen molar-refractivity contribution >= 4 is 46.2 Å². The molecule has 2 saturated heterocycles. The van der Waals surface area contributed by atoms with Crippen LogP contribution in [0.5, 0.6) is 5.75 Å². The first-order valence-corrected chi connectivity index (χ1v) is 15.4. The number of thioether (sulfide) groups is 1. The zero-order valence-electron chi connectivity index (χ0n) is 23.7. The van der Waals surface area contributed by atoms with Gasteiger partial charge in [0.15, 0.2) is 0 Å². The van der Waals surface area contributed by atoms with Crippen molar-refractivity contribution in [2.24, 2.45) is 11.8 Å². The third-order valence-electron chi connectivity index (χ3n) is 8.77. The summed E-state index contributed by atoms with van der Waals surface area (Å²) in [6.45, 7) is 3.03. The fraction of sp³-hybridized carbons (Fsp3) is 0.387. The monoisotopic (exact) mass is 600 g/mol. The quantitative estimate of drug-likeness (QED) is 0.410. The molecule has 3 amide bonds. The molecule has 4 aliphatic heterocycles. The van der Waals surface area contributed by atoms with Gasteiger partial charge in [0.05, 0.1) is 35.3 Å². The van der Waals surface area contributed by atoms with Gasteiger partial charge in [0, 0.05) is 30.6 Å². The smallest absolute Gasteiger partial charge is 0.248 e. The van der Waals surface area contributed by atoms with Gasteiger partial charge in [0.25, 0.3) is 0 Å². The number of hydrogen-bond donors (Lipinski definition) is 1. The Hall–Kier alpha value is -4.16. The van der Waals surface area contributed by atoms with Crippen LogP contribution in [0.2, 0.25) is 0 Å². The van der Waals surface area contributed by atoms with Gasteiger partial charge in [0.2, 0.25) is 17.7 Å². The fourth-order valence-corrected chi connectivity index (χ4v) is 8.97. The topological polar surface area (TPSA) is 121 Å². The summed E-state index contributed by atoms with van der Waals surface area (Å²) in [5.74, 6) is -1.37. The minimum absolute atomic E-state index is 0.00596. The van der Waals surface area contributed by atoms with E-state index in [1.54, 1.807) is 14.5 Å². The van der Waals surface area contributed by atoms with E-state index in [1.165, 1.54) is 16.7 Å². The van der Waals surface area contributed by atoms with Crippen LogP contribution in [0.3, 0.4) is 0 Å². The van der Waals surface area contributed by atoms with Crippen LogP contribution < -0.4 is 9.64 Å². The number of aliphatic hydroxyl groups is 1. The summed E-state index contributed by atoms with van der Waals surface area (Å²) < 4.78 is 6.29. The zero-order valence-corrected chi connectivity index (χ0v) is 24.5. The van der Waals surface area contributed by atoms with Gasteiger partial charge in [0.1, 0.15) is 24.0 Å². The molecule has 1 unspecified atom stereocenters. The maximum Gasteiger partial charge on any atom is 0.248 e. The second-order valence-electron chi connectivity index (χ2n) is 11.1. The molecule has 222 valence electrons. The summed E-state index contributed by atoms with van der Waals surface area (Å²) >= 11 is 1.52. The summed E-state index contributed by atoms with van der Waals surface area (Å²) in [7, 11) is 0. The maximum absolute atomic E-state index is 14.4. The number of para-hydroxylation sites is 1. The van der Waals surface area contributed by atoms with Gasteiger partial charge in [-0.15, -0.1) is 16.9 Å². The lowest BCUT2D eigenvalue weighted by atomic mass is 9.78. The predicted octanol–water partition coefficient (Wildman–Crippen LogP) is 2.08. The van der Waals surface area contributed by atoms with Crippen molar-refractivity contribution < 1.29 is 24.2 Å². The molecule has 0 aliphatic carbocycles. The van der Waals surface area contributed by atoms with Crippen LogP contribution in [0.25, 0.3) is 11.0 Å². The molecule has 1 N–H and O–H groups in total. The van der Waals surface area contributed by atoms with Crippen molar-refractivity contribution in [1.82, 2.24) is 24.8 Å². The Kier molecular flexibility index (Phi) is 6.97. The molecule has 2 fully saturated rings. The summed E-state index contributed by atoms with van der Waals surface area (Å²) in [4.78, 5) is 47.8. The zero-order chi connectivity index (χ0) is 29.7. The minimum Gasteiger partial charge on any atom is -0.494 e. The molecule has 0 bridgehead atoms. The second-order valence-corrected chi connectivity index (χ2v) is 12.6. The molecule has 11 nitrogen and oxygen atoms in total. The number of anilines is 1. The summed E-state index contributed by atoms with van der Waals surface area (Å²) in [5, 5.41) is 18.2. The van der Waals surface area contributed by atoms with E-state index in [0.29, 0.717) is 19.7 Å². The highest BCUT2D eigenvalue weighted by Gasteiger charge is 2.71. The molecule has 5 atom stereocenters. The van der Waals surface area contributed by atoms with Gasteiger partial charge in [-0.1, -0.05) is 41.7 Å². The van der Waals surface area contributed by atoms with Crippen LogP contribution in [0.15, 0.2) is 72.8 Å². The molecule has 0 saturated carbocycles. The lowest BCUT2D eigenvalue weighted by Gasteiger charge is -2.35. The van der Waals surface area contributed by atoms with Gasteiger partial charge in [-0.05, 0) is 43.3 Å². The van der Waals surface area contributed by atoms with Crippen molar-refractivity contribution in [3.05, 3.63) is 72.8 Å². The molecular formula is C31H32N6O5S. The SMILES string of the molecule is CCOc1ccc(N2CC=C[C@@H]3S[C@]45C=CCN(Cn6nnc7ccccc76)C(=O)C4N(CCO)C(=O)[C@@H]5[C@@H]3C2=O)cc1. The van der Waals surface area contributed by atoms with Crippen molar-refractivity contribution in [2.75, 3.05) is 37.7 Å². The molecule has 5 heterocycles. The van der Waals surface area contributed by atoms with Crippen molar-refractivity contribution in [3.8, 4) is 5.75 Å². The van der Waals surface area contributed by atoms with E-state index in [9.17, 15) is 19.5 Å². The van der Waals surface area contributed by atoms with Crippen LogP contribution >= 0.6 is 11.8 Å². The maximum atomic E-state index is 14.4. The number of likely N-dealkylation sites (tertiary alicyclic amines) is 1. The van der Waals surface area contributed by atoms with Gasteiger partial charge in [-0.3, -0.25) is 14.4 Å². The average Bonchev–Trinajstić information content (AvgIpc) is 3.56. The Morgan fingerprint density at radius 3 is 2.63 bits per heavy atom. The second kappa shape index (κ2) is 10.8. The number of β-amino-alcohol motifs (C(OH)–C–C–N with tert-alkyl or cyclic N) is 1. The highest BCUT2D eigenvalue weighted by Crippen LogP contribution is 2.61. The minimum atomic E-state index is -0.959. The first kappa shape index (κ1) is 27.7. The first-order valence-electron chi connectivity index (χ1n) is 14.5. The molecule has 3 aromatic rings. The summed E-state index contributed by atoms with van der Waals surface area (Å²) in [6, 6.07) is 14.0. The average molecular weight is 601 g/mol. The number of hydrogen-bond acceptors (Lipinski definition) is 8. The third-order valence-corrected chi connectivity index (χ3v) is 10.5. The molecule has 2 aromatic carbocycles. The lowest BCUT2D eigenvalue weighted by Crippen LogP contribution is -2.53. The largest absolute Gasteiger partial charge is 0.494 e. The van der Waals surface area contributed by atoms with Crippen LogP contribution in [0, 0.1) is 11.8 Å². The first-order chi connectivity index (χ1) is 21.0. The number of fused-ring (bicyclic) bond motifs is 3. The Balaban J connectivity index is 1.23. The molecule has 7 rings (SSSR count). The van der Waals surface area contributed by atoms with Crippen LogP contribution in [0.1, 0.15) is 6.92 Å². The van der Waals surface area contributed by atoms with E-state index in [4.69, 9.17) is 4.74 Å². The fourth-order valence-electron chi connectivity index (χ4n) is 6.96. The summed E-state index contributed by atoms with van der Waals surface area (Å²) in [5.41, 5.74) is 2.25. The molecule has 1 aromatic heterocycles. The number of rotatable bonds is 7. The van der Waals surface area contributed by atoms with E-state index in [2.05, 4.69) is 10.3 Å². The number of aliphatic hydroxyl groups excluding tert-OH is 1. The number of ether oxygens (including phenoxy) is 1. The molecule has 0 radical (unpaired) electrons. The van der Waals surface area contributed by atoms with E-state index in [1.807, 2.05) is 79.8 Å². The molecule has 43 heavy (non-hydrogen) atoms. The number of benzene rings is 2. The van der Waals surface area contributed by atoms with Crippen LogP contribution in [-0.2, 0) is 21.1 Å². The van der Waals surface area contributed by atoms with E-state index in [-0.39, 0.29) is 42.8 Å². The number of nitrogens with zero attached hydrogens (tertiary/aromatic N) is 6. The van der Waals surface area contributed by atoms with Crippen LogP contribution in [-0.4, -0.2) is 96.5 Å². The van der Waals surface area contributed by atoms with Crippen molar-refractivity contribution in [1.29, 1.82) is 0 Å². The van der Waals surface area contributed by atoms with Gasteiger partial charge in [-0.25, -0.2) is 4.68 Å². The molecule has 1 spiro atoms. The van der Waals surface area contributed by atoms with E-state index >= 15 is 0 Å².